The van der Waals surface area contributed by atoms with Crippen molar-refractivity contribution in [1.29, 1.82) is 0 Å². The van der Waals surface area contributed by atoms with Gasteiger partial charge < -0.3 is 20.3 Å². The van der Waals surface area contributed by atoms with Crippen molar-refractivity contribution in [2.75, 3.05) is 18.6 Å². The Morgan fingerprint density at radius 1 is 1.12 bits per heavy atom. The van der Waals surface area contributed by atoms with Gasteiger partial charge in [-0.1, -0.05) is 19.9 Å². The number of rotatable bonds is 8. The molecule has 0 radical (unpaired) electrons. The molecule has 1 aromatic carbocycles. The third-order valence-electron chi connectivity index (χ3n) is 7.10. The molecule has 2 saturated heterocycles. The number of benzene rings is 1. The van der Waals surface area contributed by atoms with E-state index in [1.807, 2.05) is 37.3 Å². The lowest BCUT2D eigenvalue weighted by Gasteiger charge is -2.40. The predicted molar refractivity (Wildman–Crippen MR) is 134 cm³/mol. The molecule has 2 amide bonds. The first-order chi connectivity index (χ1) is 16.4. The van der Waals surface area contributed by atoms with Crippen LogP contribution in [0.15, 0.2) is 36.5 Å². The second-order valence-corrected chi connectivity index (χ2v) is 9.91. The van der Waals surface area contributed by atoms with Crippen LogP contribution in [-0.2, 0) is 0 Å². The van der Waals surface area contributed by atoms with Gasteiger partial charge in [-0.25, -0.2) is 4.98 Å². The zero-order valence-electron chi connectivity index (χ0n) is 20.6. The summed E-state index contributed by atoms with van der Waals surface area (Å²) in [6.07, 6.45) is 6.61. The van der Waals surface area contributed by atoms with Gasteiger partial charge in [0.1, 0.15) is 11.6 Å². The molecule has 0 spiro atoms. The highest BCUT2D eigenvalue weighted by molar-refractivity contribution is 5.96. The number of hydrogen-bond acceptors (Lipinski definition) is 5. The molecular weight excluding hydrogens is 428 g/mol. The van der Waals surface area contributed by atoms with Crippen molar-refractivity contribution in [3.63, 3.8) is 0 Å². The van der Waals surface area contributed by atoms with Crippen LogP contribution in [-0.4, -0.2) is 48.6 Å². The molecule has 34 heavy (non-hydrogen) atoms. The number of carbonyl (C=O) groups excluding carboxylic acids is 2. The van der Waals surface area contributed by atoms with Gasteiger partial charge in [0.25, 0.3) is 11.8 Å². The minimum absolute atomic E-state index is 0.0415. The molecule has 2 aliphatic heterocycles. The van der Waals surface area contributed by atoms with Crippen LogP contribution in [0.5, 0.6) is 5.75 Å². The maximum absolute atomic E-state index is 13.0. The summed E-state index contributed by atoms with van der Waals surface area (Å²) in [6, 6.07) is 10.2. The Morgan fingerprint density at radius 3 is 2.47 bits per heavy atom. The molecule has 7 nitrogen and oxygen atoms in total. The summed E-state index contributed by atoms with van der Waals surface area (Å²) in [5.74, 6) is 2.09. The number of pyridine rings is 1. The zero-order chi connectivity index (χ0) is 24.2. The van der Waals surface area contributed by atoms with E-state index in [1.165, 1.54) is 0 Å². The Balaban J connectivity index is 1.37. The van der Waals surface area contributed by atoms with E-state index in [2.05, 4.69) is 34.4 Å². The van der Waals surface area contributed by atoms with Crippen LogP contribution < -0.4 is 20.3 Å². The Labute approximate surface area is 202 Å². The van der Waals surface area contributed by atoms with Crippen molar-refractivity contribution in [1.82, 2.24) is 15.6 Å². The van der Waals surface area contributed by atoms with E-state index < -0.39 is 0 Å². The number of anilines is 1. The average Bonchev–Trinajstić information content (AvgIpc) is 3.09. The van der Waals surface area contributed by atoms with Crippen molar-refractivity contribution in [3.8, 4) is 5.75 Å². The lowest BCUT2D eigenvalue weighted by Crippen LogP contribution is -2.50. The maximum atomic E-state index is 13.0. The number of amides is 2. The summed E-state index contributed by atoms with van der Waals surface area (Å²) in [7, 11) is 1.62. The lowest BCUT2D eigenvalue weighted by molar-refractivity contribution is 0.0923. The van der Waals surface area contributed by atoms with E-state index in [0.29, 0.717) is 35.7 Å². The molecule has 2 bridgehead atoms. The molecule has 1 unspecified atom stereocenters. The molecule has 0 aliphatic carbocycles. The molecular formula is C27H36N4O3. The van der Waals surface area contributed by atoms with Crippen molar-refractivity contribution >= 4 is 17.6 Å². The number of fused-ring (bicyclic) bond motifs is 2. The highest BCUT2D eigenvalue weighted by Crippen LogP contribution is 2.38. The van der Waals surface area contributed by atoms with Crippen LogP contribution in [0, 0.1) is 12.8 Å². The summed E-state index contributed by atoms with van der Waals surface area (Å²) < 4.78 is 5.37. The fourth-order valence-electron chi connectivity index (χ4n) is 5.26. The normalized spacial score (nSPS) is 21.4. The molecule has 3 atom stereocenters. The van der Waals surface area contributed by atoms with Crippen molar-refractivity contribution in [2.45, 2.75) is 71.0 Å². The fraction of sp³-hybridized carbons (Fsp3) is 0.519. The topological polar surface area (TPSA) is 83.6 Å². The third kappa shape index (κ3) is 5.18. The molecule has 0 saturated carbocycles. The number of ether oxygens (including phenoxy) is 1. The van der Waals surface area contributed by atoms with Gasteiger partial charge in [0.15, 0.2) is 0 Å². The van der Waals surface area contributed by atoms with E-state index in [4.69, 9.17) is 4.74 Å². The monoisotopic (exact) mass is 464 g/mol. The second kappa shape index (κ2) is 10.5. The summed E-state index contributed by atoms with van der Waals surface area (Å²) in [6.45, 7) is 6.88. The highest BCUT2D eigenvalue weighted by Gasteiger charge is 2.41. The Hall–Kier alpha value is -3.09. The van der Waals surface area contributed by atoms with E-state index >= 15 is 0 Å². The van der Waals surface area contributed by atoms with Crippen LogP contribution in [0.25, 0.3) is 0 Å². The minimum atomic E-state index is -0.0723. The first-order valence-electron chi connectivity index (χ1n) is 12.3. The van der Waals surface area contributed by atoms with Gasteiger partial charge in [0.2, 0.25) is 0 Å². The lowest BCUT2D eigenvalue weighted by atomic mass is 9.96. The first kappa shape index (κ1) is 24.0. The Morgan fingerprint density at radius 2 is 1.85 bits per heavy atom. The summed E-state index contributed by atoms with van der Waals surface area (Å²) in [5.41, 5.74) is 2.12. The quantitative estimate of drug-likeness (QED) is 0.614. The number of piperidine rings is 1. The van der Waals surface area contributed by atoms with Gasteiger partial charge in [-0.2, -0.15) is 0 Å². The van der Waals surface area contributed by atoms with E-state index in [-0.39, 0.29) is 17.9 Å². The predicted octanol–water partition coefficient (Wildman–Crippen LogP) is 4.10. The molecule has 3 heterocycles. The largest absolute Gasteiger partial charge is 0.496 e. The van der Waals surface area contributed by atoms with Crippen LogP contribution in [0.4, 0.5) is 5.82 Å². The Kier molecular flexibility index (Phi) is 7.39. The third-order valence-corrected chi connectivity index (χ3v) is 7.10. The molecule has 4 rings (SSSR count). The number of hydrogen-bond donors (Lipinski definition) is 2. The number of nitrogens with zero attached hydrogens (tertiary/aromatic N) is 2. The smallest absolute Gasteiger partial charge is 0.252 e. The number of aromatic nitrogens is 1. The first-order valence-corrected chi connectivity index (χ1v) is 12.3. The molecule has 2 aliphatic rings. The maximum Gasteiger partial charge on any atom is 0.252 e. The number of methoxy groups -OCH3 is 1. The van der Waals surface area contributed by atoms with Crippen molar-refractivity contribution in [3.05, 3.63) is 53.2 Å². The van der Waals surface area contributed by atoms with Crippen molar-refractivity contribution < 1.29 is 14.3 Å². The van der Waals surface area contributed by atoms with Gasteiger partial charge in [-0.3, -0.25) is 9.59 Å². The van der Waals surface area contributed by atoms with Crippen molar-refractivity contribution in [2.24, 2.45) is 5.92 Å². The number of nitrogens with one attached hydrogen (secondary N) is 2. The van der Waals surface area contributed by atoms with Crippen LogP contribution in [0.1, 0.15) is 72.2 Å². The second-order valence-electron chi connectivity index (χ2n) is 9.91. The van der Waals surface area contributed by atoms with E-state index in [0.717, 1.165) is 49.2 Å². The summed E-state index contributed by atoms with van der Waals surface area (Å²) >= 11 is 0. The number of carbonyl (C=O) groups is 2. The SMILES string of the molecule is COc1cccc(C(=O)NC2C[C@H]3CC[C@@H](C2)N3c2ccc(C(=O)NCCC(C)C)cn2)c1C. The van der Waals surface area contributed by atoms with Gasteiger partial charge >= 0.3 is 0 Å². The van der Waals surface area contributed by atoms with Gasteiger partial charge in [-0.15, -0.1) is 0 Å². The van der Waals surface area contributed by atoms with Crippen LogP contribution >= 0.6 is 0 Å². The summed E-state index contributed by atoms with van der Waals surface area (Å²) in [5, 5.41) is 6.22. The fourth-order valence-corrected chi connectivity index (χ4v) is 5.26. The van der Waals surface area contributed by atoms with Gasteiger partial charge in [-0.05, 0) is 69.2 Å². The standard InChI is InChI=1S/C27H36N4O3/c1-17(2)12-13-28-26(32)19-8-11-25(29-16-19)31-21-9-10-22(31)15-20(14-21)30-27(33)23-6-5-7-24(34-4)18(23)3/h5-8,11,16-17,20-22H,9-10,12-15H2,1-4H3,(H,28,32)(H,30,33)/t20?,21-,22+. The molecule has 2 N–H and O–H groups in total. The van der Waals surface area contributed by atoms with E-state index in [9.17, 15) is 9.59 Å². The highest BCUT2D eigenvalue weighted by atomic mass is 16.5. The molecule has 7 heteroatoms. The van der Waals surface area contributed by atoms with Crippen LogP contribution in [0.2, 0.25) is 0 Å². The Bertz CT molecular complexity index is 1010. The minimum Gasteiger partial charge on any atom is -0.496 e. The average molecular weight is 465 g/mol. The molecule has 1 aromatic heterocycles. The molecule has 182 valence electrons. The van der Waals surface area contributed by atoms with E-state index in [1.54, 1.807) is 13.3 Å². The zero-order valence-corrected chi connectivity index (χ0v) is 20.6. The summed E-state index contributed by atoms with van der Waals surface area (Å²) in [4.78, 5) is 32.4. The van der Waals surface area contributed by atoms with Crippen LogP contribution in [0.3, 0.4) is 0 Å². The molecule has 2 aromatic rings. The molecule has 2 fully saturated rings. The van der Waals surface area contributed by atoms with Gasteiger partial charge in [0.05, 0.1) is 12.7 Å². The van der Waals surface area contributed by atoms with Gasteiger partial charge in [0, 0.05) is 42.0 Å².